The van der Waals surface area contributed by atoms with Crippen molar-refractivity contribution in [2.24, 2.45) is 0 Å². The number of hydrogen-bond acceptors (Lipinski definition) is 3. The third-order valence-corrected chi connectivity index (χ3v) is 2.36. The third kappa shape index (κ3) is 3.90. The van der Waals surface area contributed by atoms with Crippen molar-refractivity contribution in [2.45, 2.75) is 39.3 Å². The first kappa shape index (κ1) is 13.2. The van der Waals surface area contributed by atoms with E-state index in [1.165, 1.54) is 16.9 Å². The number of hydrogen-bond donors (Lipinski definition) is 2. The minimum Gasteiger partial charge on any atom is -0.477 e. The highest BCUT2D eigenvalue weighted by molar-refractivity contribution is 5.86. The second-order valence-electron chi connectivity index (χ2n) is 3.94. The zero-order valence-corrected chi connectivity index (χ0v) is 10.0. The zero-order chi connectivity index (χ0) is 12.8. The summed E-state index contributed by atoms with van der Waals surface area (Å²) in [5.74, 6) is -1.31. The van der Waals surface area contributed by atoms with Gasteiger partial charge in [-0.2, -0.15) is 5.10 Å². The number of aromatic nitrogens is 2. The van der Waals surface area contributed by atoms with E-state index in [9.17, 15) is 9.59 Å². The van der Waals surface area contributed by atoms with Crippen LogP contribution in [0.1, 0.15) is 37.2 Å². The molecule has 0 aliphatic rings. The Labute approximate surface area is 99.6 Å². The quantitative estimate of drug-likeness (QED) is 0.772. The van der Waals surface area contributed by atoms with Gasteiger partial charge in [-0.15, -0.1) is 0 Å². The van der Waals surface area contributed by atoms with Gasteiger partial charge in [0, 0.05) is 12.2 Å². The van der Waals surface area contributed by atoms with Crippen molar-refractivity contribution in [3.63, 3.8) is 0 Å². The Kier molecular flexibility index (Phi) is 4.68. The van der Waals surface area contributed by atoms with E-state index in [4.69, 9.17) is 5.11 Å². The minimum absolute atomic E-state index is 0.0169. The number of aromatic carboxylic acids is 1. The first-order valence-corrected chi connectivity index (χ1v) is 5.59. The zero-order valence-electron chi connectivity index (χ0n) is 10.0. The van der Waals surface area contributed by atoms with Crippen LogP contribution in [0.25, 0.3) is 0 Å². The topological polar surface area (TPSA) is 84.2 Å². The number of rotatable bonds is 6. The Hall–Kier alpha value is -1.85. The van der Waals surface area contributed by atoms with Crippen LogP contribution in [0.15, 0.2) is 12.3 Å². The summed E-state index contributed by atoms with van der Waals surface area (Å²) in [5.41, 5.74) is 0.0169. The SMILES string of the molecule is CCCC(C)NC(=O)Cn1nccc1C(=O)O. The second kappa shape index (κ2) is 6.03. The van der Waals surface area contributed by atoms with Crippen molar-refractivity contribution in [3.05, 3.63) is 18.0 Å². The molecule has 1 atom stereocenters. The molecule has 6 nitrogen and oxygen atoms in total. The lowest BCUT2D eigenvalue weighted by Gasteiger charge is -2.13. The molecule has 6 heteroatoms. The summed E-state index contributed by atoms with van der Waals surface area (Å²) in [7, 11) is 0. The summed E-state index contributed by atoms with van der Waals surface area (Å²) >= 11 is 0. The van der Waals surface area contributed by atoms with Crippen LogP contribution in [-0.4, -0.2) is 32.8 Å². The van der Waals surface area contributed by atoms with E-state index in [1.807, 2.05) is 13.8 Å². The van der Waals surface area contributed by atoms with E-state index in [-0.39, 0.29) is 24.2 Å². The van der Waals surface area contributed by atoms with E-state index < -0.39 is 5.97 Å². The maximum atomic E-state index is 11.6. The van der Waals surface area contributed by atoms with Crippen LogP contribution in [0.4, 0.5) is 0 Å². The molecule has 17 heavy (non-hydrogen) atoms. The Morgan fingerprint density at radius 2 is 2.29 bits per heavy atom. The smallest absolute Gasteiger partial charge is 0.354 e. The van der Waals surface area contributed by atoms with Gasteiger partial charge < -0.3 is 10.4 Å². The summed E-state index contributed by atoms with van der Waals surface area (Å²) in [4.78, 5) is 22.4. The Balaban J connectivity index is 2.56. The third-order valence-electron chi connectivity index (χ3n) is 2.36. The standard InChI is InChI=1S/C11H17N3O3/c1-3-4-8(2)13-10(15)7-14-9(11(16)17)5-6-12-14/h5-6,8H,3-4,7H2,1-2H3,(H,13,15)(H,16,17). The molecule has 0 aliphatic carbocycles. The normalized spacial score (nSPS) is 12.1. The van der Waals surface area contributed by atoms with E-state index in [1.54, 1.807) is 0 Å². The lowest BCUT2D eigenvalue weighted by atomic mass is 10.2. The average molecular weight is 239 g/mol. The van der Waals surface area contributed by atoms with Gasteiger partial charge in [0.25, 0.3) is 0 Å². The highest BCUT2D eigenvalue weighted by Crippen LogP contribution is 1.99. The van der Waals surface area contributed by atoms with E-state index in [0.29, 0.717) is 0 Å². The van der Waals surface area contributed by atoms with Gasteiger partial charge >= 0.3 is 5.97 Å². The second-order valence-corrected chi connectivity index (χ2v) is 3.94. The predicted octanol–water partition coefficient (Wildman–Crippen LogP) is 0.886. The van der Waals surface area contributed by atoms with Crippen molar-refractivity contribution in [3.8, 4) is 0 Å². The molecule has 94 valence electrons. The van der Waals surface area contributed by atoms with Crippen molar-refractivity contribution < 1.29 is 14.7 Å². The molecular formula is C11H17N3O3. The van der Waals surface area contributed by atoms with E-state index in [0.717, 1.165) is 12.8 Å². The van der Waals surface area contributed by atoms with E-state index >= 15 is 0 Å². The summed E-state index contributed by atoms with van der Waals surface area (Å²) in [6.45, 7) is 3.89. The molecule has 0 aliphatic heterocycles. The number of amides is 1. The van der Waals surface area contributed by atoms with Gasteiger partial charge in [0.2, 0.25) is 5.91 Å². The molecular weight excluding hydrogens is 222 g/mol. The van der Waals surface area contributed by atoms with Crippen molar-refractivity contribution in [1.29, 1.82) is 0 Å². The van der Waals surface area contributed by atoms with Crippen molar-refractivity contribution in [2.75, 3.05) is 0 Å². The summed E-state index contributed by atoms with van der Waals surface area (Å²) < 4.78 is 1.18. The number of carbonyl (C=O) groups is 2. The van der Waals surface area contributed by atoms with Crippen molar-refractivity contribution in [1.82, 2.24) is 15.1 Å². The molecule has 1 aromatic rings. The molecule has 0 radical (unpaired) electrons. The molecule has 0 fully saturated rings. The number of carboxylic acid groups (broad SMARTS) is 1. The van der Waals surface area contributed by atoms with Crippen LogP contribution in [0.5, 0.6) is 0 Å². The molecule has 0 spiro atoms. The Morgan fingerprint density at radius 3 is 2.88 bits per heavy atom. The van der Waals surface area contributed by atoms with Gasteiger partial charge in [-0.1, -0.05) is 13.3 Å². The minimum atomic E-state index is -1.09. The fourth-order valence-electron chi connectivity index (χ4n) is 1.60. The van der Waals surface area contributed by atoms with Crippen LogP contribution in [-0.2, 0) is 11.3 Å². The van der Waals surface area contributed by atoms with Gasteiger partial charge in [0.1, 0.15) is 12.2 Å². The molecule has 0 saturated heterocycles. The van der Waals surface area contributed by atoms with Gasteiger partial charge in [0.15, 0.2) is 0 Å². The van der Waals surface area contributed by atoms with Crippen LogP contribution in [0.3, 0.4) is 0 Å². The summed E-state index contributed by atoms with van der Waals surface area (Å²) in [6.07, 6.45) is 3.26. The lowest BCUT2D eigenvalue weighted by Crippen LogP contribution is -2.35. The molecule has 1 heterocycles. The highest BCUT2D eigenvalue weighted by Gasteiger charge is 2.13. The molecule has 0 saturated carbocycles. The highest BCUT2D eigenvalue weighted by atomic mass is 16.4. The number of carboxylic acids is 1. The maximum absolute atomic E-state index is 11.6. The van der Waals surface area contributed by atoms with Crippen LogP contribution in [0.2, 0.25) is 0 Å². The molecule has 1 unspecified atom stereocenters. The Bertz CT molecular complexity index is 400. The fraction of sp³-hybridized carbons (Fsp3) is 0.545. The van der Waals surface area contributed by atoms with Gasteiger partial charge in [-0.3, -0.25) is 4.79 Å². The predicted molar refractivity (Wildman–Crippen MR) is 61.7 cm³/mol. The van der Waals surface area contributed by atoms with Crippen LogP contribution in [0, 0.1) is 0 Å². The molecule has 1 aromatic heterocycles. The van der Waals surface area contributed by atoms with Gasteiger partial charge in [-0.05, 0) is 19.4 Å². The van der Waals surface area contributed by atoms with Crippen LogP contribution >= 0.6 is 0 Å². The largest absolute Gasteiger partial charge is 0.477 e. The molecule has 0 bridgehead atoms. The first-order chi connectivity index (χ1) is 8.04. The lowest BCUT2D eigenvalue weighted by molar-refractivity contribution is -0.122. The average Bonchev–Trinajstić information content (AvgIpc) is 2.65. The molecule has 1 amide bonds. The molecule has 0 aromatic carbocycles. The summed E-state index contributed by atoms with van der Waals surface area (Å²) in [5, 5.41) is 15.4. The molecule has 2 N–H and O–H groups in total. The molecule has 1 rings (SSSR count). The fourth-order valence-corrected chi connectivity index (χ4v) is 1.60. The van der Waals surface area contributed by atoms with Gasteiger partial charge in [-0.25, -0.2) is 9.48 Å². The number of carbonyl (C=O) groups excluding carboxylic acids is 1. The number of nitrogens with zero attached hydrogens (tertiary/aromatic N) is 2. The first-order valence-electron chi connectivity index (χ1n) is 5.59. The number of nitrogens with one attached hydrogen (secondary N) is 1. The summed E-state index contributed by atoms with van der Waals surface area (Å²) in [6, 6.07) is 1.46. The van der Waals surface area contributed by atoms with Crippen molar-refractivity contribution >= 4 is 11.9 Å². The maximum Gasteiger partial charge on any atom is 0.354 e. The Morgan fingerprint density at radius 1 is 1.59 bits per heavy atom. The van der Waals surface area contributed by atoms with E-state index in [2.05, 4.69) is 10.4 Å². The monoisotopic (exact) mass is 239 g/mol. The van der Waals surface area contributed by atoms with Gasteiger partial charge in [0.05, 0.1) is 0 Å². The van der Waals surface area contributed by atoms with Crippen LogP contribution < -0.4 is 5.32 Å².